The second kappa shape index (κ2) is 3.29. The average molecular weight is 149 g/mol. The molecular formula is C5H11NO2S. The quantitative estimate of drug-likeness (QED) is 0.565. The molecule has 0 spiro atoms. The Hall–Kier alpha value is 0.0700. The Morgan fingerprint density at radius 2 is 2.56 bits per heavy atom. The number of rotatable bonds is 2. The first-order valence-electron chi connectivity index (χ1n) is 3.13. The highest BCUT2D eigenvalue weighted by Gasteiger charge is 2.16. The molecule has 1 unspecified atom stereocenters. The largest absolute Gasteiger partial charge is 0.286 e. The van der Waals surface area contributed by atoms with Crippen LogP contribution >= 0.6 is 0 Å². The van der Waals surface area contributed by atoms with Gasteiger partial charge in [0.1, 0.15) is 11.0 Å². The summed E-state index contributed by atoms with van der Waals surface area (Å²) >= 11 is 0. The number of hydrogen-bond donors (Lipinski definition) is 0. The predicted octanol–water partition coefficient (Wildman–Crippen LogP) is 0.307. The van der Waals surface area contributed by atoms with Gasteiger partial charge >= 0.3 is 0 Å². The van der Waals surface area contributed by atoms with E-state index in [4.69, 9.17) is 4.84 Å². The molecule has 0 saturated carbocycles. The van der Waals surface area contributed by atoms with Crippen molar-refractivity contribution in [1.82, 2.24) is 4.47 Å². The van der Waals surface area contributed by atoms with Crippen LogP contribution in [0, 0.1) is 0 Å². The Morgan fingerprint density at radius 1 is 1.78 bits per heavy atom. The highest BCUT2D eigenvalue weighted by molar-refractivity contribution is 7.82. The van der Waals surface area contributed by atoms with Crippen molar-refractivity contribution in [2.75, 3.05) is 18.9 Å². The van der Waals surface area contributed by atoms with Gasteiger partial charge in [-0.1, -0.05) is 6.92 Å². The van der Waals surface area contributed by atoms with E-state index < -0.39 is 11.0 Å². The fourth-order valence-corrected chi connectivity index (χ4v) is 1.54. The molecule has 9 heavy (non-hydrogen) atoms. The molecule has 1 rings (SSSR count). The van der Waals surface area contributed by atoms with Crippen molar-refractivity contribution < 1.29 is 9.05 Å². The smallest absolute Gasteiger partial charge is 0.118 e. The molecule has 0 aromatic carbocycles. The Morgan fingerprint density at radius 3 is 3.00 bits per heavy atom. The van der Waals surface area contributed by atoms with Gasteiger partial charge in [-0.25, -0.2) is 4.21 Å². The first-order chi connectivity index (χ1) is 4.34. The molecule has 1 saturated heterocycles. The van der Waals surface area contributed by atoms with Crippen molar-refractivity contribution in [1.29, 1.82) is 0 Å². The monoisotopic (exact) mass is 149 g/mol. The molecule has 3 nitrogen and oxygen atoms in total. The van der Waals surface area contributed by atoms with Crippen molar-refractivity contribution in [3.8, 4) is 0 Å². The zero-order valence-corrected chi connectivity index (χ0v) is 6.32. The van der Waals surface area contributed by atoms with Crippen molar-refractivity contribution in [3.63, 3.8) is 0 Å². The summed E-state index contributed by atoms with van der Waals surface area (Å²) < 4.78 is 12.5. The minimum atomic E-state index is -0.891. The molecule has 54 valence electrons. The summed E-state index contributed by atoms with van der Waals surface area (Å²) in [5.41, 5.74) is 0. The van der Waals surface area contributed by atoms with E-state index >= 15 is 0 Å². The van der Waals surface area contributed by atoms with E-state index in [1.165, 1.54) is 0 Å². The van der Waals surface area contributed by atoms with Crippen LogP contribution in [0.2, 0.25) is 0 Å². The van der Waals surface area contributed by atoms with Crippen molar-refractivity contribution in [2.45, 2.75) is 13.3 Å². The van der Waals surface area contributed by atoms with Gasteiger partial charge in [0.2, 0.25) is 0 Å². The van der Waals surface area contributed by atoms with E-state index in [2.05, 4.69) is 0 Å². The van der Waals surface area contributed by atoms with Crippen LogP contribution in [0.25, 0.3) is 0 Å². The Labute approximate surface area is 57.5 Å². The maximum absolute atomic E-state index is 10.9. The summed E-state index contributed by atoms with van der Waals surface area (Å²) in [5.74, 6) is 0.653. The lowest BCUT2D eigenvalue weighted by molar-refractivity contribution is -0.0231. The van der Waals surface area contributed by atoms with Crippen LogP contribution in [0.1, 0.15) is 13.3 Å². The number of hydroxylamine groups is 1. The second-order valence-electron chi connectivity index (χ2n) is 1.85. The molecule has 4 heteroatoms. The van der Waals surface area contributed by atoms with Gasteiger partial charge in [-0.2, -0.15) is 0 Å². The second-order valence-corrected chi connectivity index (χ2v) is 3.48. The van der Waals surface area contributed by atoms with Gasteiger partial charge in [0.05, 0.1) is 6.61 Å². The molecule has 0 aromatic rings. The van der Waals surface area contributed by atoms with Crippen molar-refractivity contribution >= 4 is 11.0 Å². The molecule has 1 atom stereocenters. The average Bonchev–Trinajstić information content (AvgIpc) is 2.37. The molecule has 0 N–H and O–H groups in total. The minimum Gasteiger partial charge on any atom is -0.286 e. The third kappa shape index (κ3) is 1.74. The lowest BCUT2D eigenvalue weighted by Crippen LogP contribution is -2.21. The Kier molecular flexibility index (Phi) is 2.63. The SMILES string of the molecule is CCS(=O)N1CCCO1. The Balaban J connectivity index is 2.32. The van der Waals surface area contributed by atoms with Gasteiger partial charge in [-0.3, -0.25) is 4.84 Å². The van der Waals surface area contributed by atoms with Gasteiger partial charge in [0, 0.05) is 12.3 Å². The number of nitrogens with zero attached hydrogens (tertiary/aromatic N) is 1. The summed E-state index contributed by atoms with van der Waals surface area (Å²) in [4.78, 5) is 5.04. The number of hydrogen-bond acceptors (Lipinski definition) is 2. The van der Waals surface area contributed by atoms with E-state index in [0.29, 0.717) is 5.75 Å². The molecule has 1 heterocycles. The van der Waals surface area contributed by atoms with Gasteiger partial charge < -0.3 is 0 Å². The van der Waals surface area contributed by atoms with Crippen LogP contribution in [0.4, 0.5) is 0 Å². The third-order valence-corrected chi connectivity index (χ3v) is 2.43. The minimum absolute atomic E-state index is 0.653. The van der Waals surface area contributed by atoms with E-state index in [0.717, 1.165) is 19.6 Å². The van der Waals surface area contributed by atoms with Crippen LogP contribution in [0.5, 0.6) is 0 Å². The maximum Gasteiger partial charge on any atom is 0.118 e. The predicted molar refractivity (Wildman–Crippen MR) is 36.0 cm³/mol. The van der Waals surface area contributed by atoms with Gasteiger partial charge in [0.15, 0.2) is 0 Å². The summed E-state index contributed by atoms with van der Waals surface area (Å²) in [6.07, 6.45) is 1.01. The fraction of sp³-hybridized carbons (Fsp3) is 1.00. The fourth-order valence-electron chi connectivity index (χ4n) is 0.729. The Bertz CT molecular complexity index is 112. The lowest BCUT2D eigenvalue weighted by Gasteiger charge is -2.09. The molecule has 1 aliphatic heterocycles. The van der Waals surface area contributed by atoms with Crippen molar-refractivity contribution in [3.05, 3.63) is 0 Å². The zero-order valence-electron chi connectivity index (χ0n) is 5.50. The van der Waals surface area contributed by atoms with Crippen LogP contribution in [-0.4, -0.2) is 27.6 Å². The summed E-state index contributed by atoms with van der Waals surface area (Å²) in [6, 6.07) is 0. The van der Waals surface area contributed by atoms with Crippen LogP contribution in [0.15, 0.2) is 0 Å². The van der Waals surface area contributed by atoms with Crippen LogP contribution < -0.4 is 0 Å². The van der Waals surface area contributed by atoms with Gasteiger partial charge in [-0.05, 0) is 6.42 Å². The molecule has 1 aliphatic rings. The zero-order chi connectivity index (χ0) is 6.69. The van der Waals surface area contributed by atoms with Crippen LogP contribution in [0.3, 0.4) is 0 Å². The van der Waals surface area contributed by atoms with Gasteiger partial charge in [-0.15, -0.1) is 4.47 Å². The van der Waals surface area contributed by atoms with E-state index in [9.17, 15) is 4.21 Å². The first kappa shape index (κ1) is 7.18. The highest BCUT2D eigenvalue weighted by Crippen LogP contribution is 2.06. The van der Waals surface area contributed by atoms with E-state index in [1.54, 1.807) is 4.47 Å². The molecule has 0 aliphatic carbocycles. The molecular weight excluding hydrogens is 138 g/mol. The first-order valence-corrected chi connectivity index (χ1v) is 4.41. The molecule has 0 radical (unpaired) electrons. The molecule has 0 aromatic heterocycles. The van der Waals surface area contributed by atoms with E-state index in [1.807, 2.05) is 6.92 Å². The van der Waals surface area contributed by atoms with Crippen LogP contribution in [-0.2, 0) is 15.8 Å². The summed E-state index contributed by atoms with van der Waals surface area (Å²) in [7, 11) is -0.891. The summed E-state index contributed by atoms with van der Waals surface area (Å²) in [5, 5.41) is 0. The van der Waals surface area contributed by atoms with E-state index in [-0.39, 0.29) is 0 Å². The molecule has 1 fully saturated rings. The summed E-state index contributed by atoms with van der Waals surface area (Å²) in [6.45, 7) is 3.43. The maximum atomic E-state index is 10.9. The highest BCUT2D eigenvalue weighted by atomic mass is 32.2. The standard InChI is InChI=1S/C5H11NO2S/c1-2-9(7)6-4-3-5-8-6/h2-5H2,1H3. The van der Waals surface area contributed by atoms with Crippen molar-refractivity contribution in [2.24, 2.45) is 0 Å². The van der Waals surface area contributed by atoms with Gasteiger partial charge in [0.25, 0.3) is 0 Å². The molecule has 0 amide bonds. The third-order valence-electron chi connectivity index (χ3n) is 1.19. The molecule has 0 bridgehead atoms. The normalized spacial score (nSPS) is 24.6. The lowest BCUT2D eigenvalue weighted by atomic mass is 10.5. The topological polar surface area (TPSA) is 29.5 Å².